The Bertz CT molecular complexity index is 721. The van der Waals surface area contributed by atoms with E-state index in [9.17, 15) is 19.8 Å². The fourth-order valence-corrected chi connectivity index (χ4v) is 2.78. The van der Waals surface area contributed by atoms with E-state index in [4.69, 9.17) is 4.42 Å². The number of benzene rings is 1. The van der Waals surface area contributed by atoms with Crippen LogP contribution in [0.25, 0.3) is 0 Å². The van der Waals surface area contributed by atoms with Gasteiger partial charge in [-0.25, -0.2) is 0 Å². The van der Waals surface area contributed by atoms with Crippen molar-refractivity contribution < 1.29 is 24.2 Å². The van der Waals surface area contributed by atoms with Gasteiger partial charge in [-0.1, -0.05) is 0 Å². The van der Waals surface area contributed by atoms with Gasteiger partial charge in [0, 0.05) is 37.8 Å². The molecule has 2 heterocycles. The van der Waals surface area contributed by atoms with Crippen molar-refractivity contribution in [2.75, 3.05) is 26.2 Å². The lowest BCUT2D eigenvalue weighted by Crippen LogP contribution is -2.37. The van der Waals surface area contributed by atoms with Crippen molar-refractivity contribution in [3.8, 4) is 11.5 Å². The largest absolute Gasteiger partial charge is 0.508 e. The van der Waals surface area contributed by atoms with Crippen molar-refractivity contribution >= 4 is 11.8 Å². The second kappa shape index (κ2) is 6.66. The summed E-state index contributed by atoms with van der Waals surface area (Å²) in [6, 6.07) is 7.08. The van der Waals surface area contributed by atoms with Crippen LogP contribution in [0.3, 0.4) is 0 Å². The summed E-state index contributed by atoms with van der Waals surface area (Å²) in [4.78, 5) is 28.1. The second-order valence-electron chi connectivity index (χ2n) is 5.65. The number of furan rings is 1. The predicted molar refractivity (Wildman–Crippen MR) is 84.9 cm³/mol. The van der Waals surface area contributed by atoms with Crippen LogP contribution in [0.15, 0.2) is 41.0 Å². The van der Waals surface area contributed by atoms with Gasteiger partial charge in [0.05, 0.1) is 6.26 Å². The van der Waals surface area contributed by atoms with E-state index in [1.54, 1.807) is 21.9 Å². The summed E-state index contributed by atoms with van der Waals surface area (Å²) >= 11 is 0. The lowest BCUT2D eigenvalue weighted by atomic mass is 10.1. The number of rotatable bonds is 2. The fraction of sp³-hybridized carbons (Fsp3) is 0.294. The minimum Gasteiger partial charge on any atom is -0.508 e. The maximum Gasteiger partial charge on any atom is 0.289 e. The Hall–Kier alpha value is -2.96. The Labute approximate surface area is 138 Å². The van der Waals surface area contributed by atoms with Crippen LogP contribution >= 0.6 is 0 Å². The minimum absolute atomic E-state index is 0.164. The number of hydrogen-bond donors (Lipinski definition) is 2. The molecule has 3 rings (SSSR count). The number of phenols is 2. The first-order valence-corrected chi connectivity index (χ1v) is 7.69. The quantitative estimate of drug-likeness (QED) is 0.874. The van der Waals surface area contributed by atoms with Crippen molar-refractivity contribution in [1.82, 2.24) is 9.80 Å². The van der Waals surface area contributed by atoms with Crippen LogP contribution in [-0.2, 0) is 0 Å². The predicted octanol–water partition coefficient (Wildman–Crippen LogP) is 1.68. The van der Waals surface area contributed by atoms with Crippen molar-refractivity contribution in [1.29, 1.82) is 0 Å². The molecule has 1 aromatic heterocycles. The summed E-state index contributed by atoms with van der Waals surface area (Å²) in [6.45, 7) is 1.81. The van der Waals surface area contributed by atoms with Gasteiger partial charge >= 0.3 is 0 Å². The zero-order chi connectivity index (χ0) is 17.1. The highest BCUT2D eigenvalue weighted by Crippen LogP contribution is 2.22. The Morgan fingerprint density at radius 2 is 1.54 bits per heavy atom. The molecule has 7 heteroatoms. The maximum absolute atomic E-state index is 12.5. The van der Waals surface area contributed by atoms with Gasteiger partial charge in [0.1, 0.15) is 11.5 Å². The molecule has 0 bridgehead atoms. The highest BCUT2D eigenvalue weighted by atomic mass is 16.3. The smallest absolute Gasteiger partial charge is 0.289 e. The Morgan fingerprint density at radius 1 is 0.917 bits per heavy atom. The van der Waals surface area contributed by atoms with Crippen LogP contribution < -0.4 is 0 Å². The van der Waals surface area contributed by atoms with E-state index in [0.717, 1.165) is 0 Å². The molecule has 126 valence electrons. The minimum atomic E-state index is -0.284. The lowest BCUT2D eigenvalue weighted by molar-refractivity contribution is 0.0700. The highest BCUT2D eigenvalue weighted by molar-refractivity contribution is 5.95. The molecule has 0 atom stereocenters. The van der Waals surface area contributed by atoms with E-state index in [2.05, 4.69) is 0 Å². The van der Waals surface area contributed by atoms with Crippen LogP contribution in [0.5, 0.6) is 11.5 Å². The summed E-state index contributed by atoms with van der Waals surface area (Å²) in [5, 5.41) is 19.0. The second-order valence-corrected chi connectivity index (χ2v) is 5.65. The topological polar surface area (TPSA) is 94.2 Å². The van der Waals surface area contributed by atoms with Gasteiger partial charge in [-0.05, 0) is 30.7 Å². The first-order valence-electron chi connectivity index (χ1n) is 7.69. The first kappa shape index (κ1) is 15.9. The molecule has 0 spiro atoms. The zero-order valence-electron chi connectivity index (χ0n) is 13.0. The van der Waals surface area contributed by atoms with E-state index in [1.165, 1.54) is 24.5 Å². The van der Waals surface area contributed by atoms with E-state index in [-0.39, 0.29) is 34.6 Å². The SMILES string of the molecule is O=C(c1cc(O)cc(O)c1)N1CCCN(C(=O)c2ccco2)CC1. The molecule has 2 N–H and O–H groups in total. The fourth-order valence-electron chi connectivity index (χ4n) is 2.78. The molecule has 2 aromatic rings. The van der Waals surface area contributed by atoms with Gasteiger partial charge < -0.3 is 24.4 Å². The third kappa shape index (κ3) is 3.34. The van der Waals surface area contributed by atoms with Crippen molar-refractivity contribution in [2.24, 2.45) is 0 Å². The van der Waals surface area contributed by atoms with Crippen molar-refractivity contribution in [3.05, 3.63) is 47.9 Å². The van der Waals surface area contributed by atoms with Gasteiger partial charge in [0.25, 0.3) is 11.8 Å². The third-order valence-corrected chi connectivity index (χ3v) is 3.95. The van der Waals surface area contributed by atoms with E-state index < -0.39 is 0 Å². The molecule has 7 nitrogen and oxygen atoms in total. The molecular formula is C17H18N2O5. The normalized spacial score (nSPS) is 15.2. The van der Waals surface area contributed by atoms with E-state index >= 15 is 0 Å². The molecule has 1 aliphatic heterocycles. The average Bonchev–Trinajstić information content (AvgIpc) is 2.97. The standard InChI is InChI=1S/C17H18N2O5/c20-13-9-12(10-14(21)11-13)16(22)18-4-2-5-19(7-6-18)17(23)15-3-1-8-24-15/h1,3,8-11,20-21H,2,4-7H2. The number of carbonyl (C=O) groups is 2. The third-order valence-electron chi connectivity index (χ3n) is 3.95. The van der Waals surface area contributed by atoms with Crippen LogP contribution in [0.2, 0.25) is 0 Å². The van der Waals surface area contributed by atoms with Gasteiger partial charge in [-0.3, -0.25) is 9.59 Å². The molecule has 1 saturated heterocycles. The van der Waals surface area contributed by atoms with Crippen molar-refractivity contribution in [2.45, 2.75) is 6.42 Å². The lowest BCUT2D eigenvalue weighted by Gasteiger charge is -2.21. The Morgan fingerprint density at radius 3 is 2.12 bits per heavy atom. The van der Waals surface area contributed by atoms with Crippen LogP contribution in [0.1, 0.15) is 27.3 Å². The van der Waals surface area contributed by atoms with Crippen LogP contribution in [0.4, 0.5) is 0 Å². The van der Waals surface area contributed by atoms with Crippen LogP contribution in [-0.4, -0.2) is 58.0 Å². The number of hydrogen-bond acceptors (Lipinski definition) is 5. The van der Waals surface area contributed by atoms with Gasteiger partial charge in [0.2, 0.25) is 0 Å². The van der Waals surface area contributed by atoms with Gasteiger partial charge in [-0.2, -0.15) is 0 Å². The summed E-state index contributed by atoms with van der Waals surface area (Å²) in [5.74, 6) is -0.518. The molecule has 1 aliphatic rings. The average molecular weight is 330 g/mol. The highest BCUT2D eigenvalue weighted by Gasteiger charge is 2.25. The van der Waals surface area contributed by atoms with Crippen molar-refractivity contribution in [3.63, 3.8) is 0 Å². The number of nitrogens with zero attached hydrogens (tertiary/aromatic N) is 2. The molecule has 1 fully saturated rings. The molecule has 0 saturated carbocycles. The Kier molecular flexibility index (Phi) is 4.41. The molecule has 0 radical (unpaired) electrons. The summed E-state index contributed by atoms with van der Waals surface area (Å²) in [5.41, 5.74) is 0.221. The molecule has 1 aromatic carbocycles. The summed E-state index contributed by atoms with van der Waals surface area (Å²) in [6.07, 6.45) is 2.10. The molecular weight excluding hydrogens is 312 g/mol. The molecule has 0 unspecified atom stereocenters. The number of aromatic hydroxyl groups is 2. The maximum atomic E-state index is 12.5. The van der Waals surface area contributed by atoms with E-state index in [1.807, 2.05) is 0 Å². The summed E-state index contributed by atoms with van der Waals surface area (Å²) in [7, 11) is 0. The summed E-state index contributed by atoms with van der Waals surface area (Å²) < 4.78 is 5.13. The molecule has 2 amide bonds. The van der Waals surface area contributed by atoms with E-state index in [0.29, 0.717) is 32.6 Å². The van der Waals surface area contributed by atoms with Gasteiger partial charge in [0.15, 0.2) is 5.76 Å². The molecule has 24 heavy (non-hydrogen) atoms. The monoisotopic (exact) mass is 330 g/mol. The Balaban J connectivity index is 1.69. The number of phenolic OH excluding ortho intramolecular Hbond substituents is 2. The van der Waals surface area contributed by atoms with Crippen LogP contribution in [0, 0.1) is 0 Å². The molecule has 0 aliphatic carbocycles. The first-order chi connectivity index (χ1) is 11.5. The zero-order valence-corrected chi connectivity index (χ0v) is 13.0. The number of amides is 2. The number of carbonyl (C=O) groups excluding carboxylic acids is 2. The van der Waals surface area contributed by atoms with Gasteiger partial charge in [-0.15, -0.1) is 0 Å².